The molecule has 7 nitrogen and oxygen atoms in total. The first-order valence-electron chi connectivity index (χ1n) is 7.50. The Morgan fingerprint density at radius 1 is 1.04 bits per heavy atom. The minimum absolute atomic E-state index is 0.0735. The Morgan fingerprint density at radius 2 is 1.65 bits per heavy atom. The predicted molar refractivity (Wildman–Crippen MR) is 86.1 cm³/mol. The Labute approximate surface area is 133 Å². The van der Waals surface area contributed by atoms with E-state index in [4.69, 9.17) is 4.52 Å². The molecule has 2 aliphatic heterocycles. The Kier molecular flexibility index (Phi) is 3.46. The minimum Gasteiger partial charge on any atom is -0.301 e. The summed E-state index contributed by atoms with van der Waals surface area (Å²) in [7, 11) is -2.88. The average Bonchev–Trinajstić information content (AvgIpc) is 3.41. The topological polar surface area (TPSA) is 75.5 Å². The fourth-order valence-corrected chi connectivity index (χ4v) is 4.92. The third kappa shape index (κ3) is 2.66. The summed E-state index contributed by atoms with van der Waals surface area (Å²) in [4.78, 5) is 10.8. The number of rotatable bonds is 6. The summed E-state index contributed by atoms with van der Waals surface area (Å²) in [6.45, 7) is 3.38. The third-order valence-corrected chi connectivity index (χ3v) is 6.83. The van der Waals surface area contributed by atoms with Crippen LogP contribution in [0, 0.1) is 10.1 Å². The molecule has 0 amide bonds. The Balaban J connectivity index is 1.65. The zero-order valence-electron chi connectivity index (χ0n) is 12.4. The smallest absolute Gasteiger partial charge is 0.301 e. The maximum absolute atomic E-state index is 12.9. The summed E-state index contributed by atoms with van der Waals surface area (Å²) in [5.41, 5.74) is 0.888. The Morgan fingerprint density at radius 3 is 2.26 bits per heavy atom. The summed E-state index contributed by atoms with van der Waals surface area (Å²) < 4.78 is 22.5. The first-order chi connectivity index (χ1) is 11.1. The van der Waals surface area contributed by atoms with Gasteiger partial charge in [0.05, 0.1) is 16.9 Å². The van der Waals surface area contributed by atoms with Gasteiger partial charge in [0.15, 0.2) is 0 Å². The summed E-state index contributed by atoms with van der Waals surface area (Å²) >= 11 is 0. The van der Waals surface area contributed by atoms with Crippen molar-refractivity contribution in [2.45, 2.75) is 6.61 Å². The van der Waals surface area contributed by atoms with Crippen LogP contribution in [0.15, 0.2) is 36.4 Å². The van der Waals surface area contributed by atoms with E-state index in [1.54, 1.807) is 18.2 Å². The highest BCUT2D eigenvalue weighted by Crippen LogP contribution is 2.61. The van der Waals surface area contributed by atoms with E-state index < -0.39 is 7.67 Å². The van der Waals surface area contributed by atoms with Crippen molar-refractivity contribution in [2.75, 3.05) is 26.2 Å². The van der Waals surface area contributed by atoms with Gasteiger partial charge in [0, 0.05) is 32.2 Å². The molecular weight excluding hydrogens is 317 g/mol. The van der Waals surface area contributed by atoms with Crippen molar-refractivity contribution in [3.63, 3.8) is 0 Å². The molecule has 2 aromatic rings. The maximum atomic E-state index is 12.9. The third-order valence-electron chi connectivity index (χ3n) is 4.14. The van der Waals surface area contributed by atoms with Crippen molar-refractivity contribution in [1.82, 2.24) is 9.34 Å². The normalized spacial score (nSPS) is 18.3. The summed E-state index contributed by atoms with van der Waals surface area (Å²) in [5.74, 6) is 0. The van der Waals surface area contributed by atoms with Gasteiger partial charge in [-0.25, -0.2) is 9.34 Å². The van der Waals surface area contributed by atoms with Crippen molar-refractivity contribution < 1.29 is 14.0 Å². The van der Waals surface area contributed by atoms with Gasteiger partial charge < -0.3 is 4.52 Å². The van der Waals surface area contributed by atoms with Crippen LogP contribution in [0.4, 0.5) is 5.69 Å². The summed E-state index contributed by atoms with van der Waals surface area (Å²) in [6.07, 6.45) is 0. The predicted octanol–water partition coefficient (Wildman–Crippen LogP) is 3.00. The Bertz CT molecular complexity index is 817. The van der Waals surface area contributed by atoms with Crippen molar-refractivity contribution in [2.24, 2.45) is 0 Å². The molecule has 0 N–H and O–H groups in total. The SMILES string of the molecule is O=[N+]([O-])c1cccc2c(COP(=O)(N3CC3)N3CC3)cccc12. The molecule has 0 atom stereocenters. The van der Waals surface area contributed by atoms with Crippen molar-refractivity contribution in [3.8, 4) is 0 Å². The number of nitro groups is 1. The molecule has 2 saturated heterocycles. The van der Waals surface area contributed by atoms with Gasteiger partial charge in [0.2, 0.25) is 0 Å². The summed E-state index contributed by atoms with van der Waals surface area (Å²) in [6, 6.07) is 10.3. The van der Waals surface area contributed by atoms with Crippen LogP contribution in [0.3, 0.4) is 0 Å². The van der Waals surface area contributed by atoms with E-state index in [1.807, 2.05) is 21.5 Å². The molecule has 0 bridgehead atoms. The molecule has 2 fully saturated rings. The molecular formula is C15H16N3O4P. The molecule has 0 radical (unpaired) electrons. The highest BCUT2D eigenvalue weighted by Gasteiger charge is 2.49. The number of fused-ring (bicyclic) bond motifs is 1. The van der Waals surface area contributed by atoms with Gasteiger partial charge >= 0.3 is 7.67 Å². The first-order valence-corrected chi connectivity index (χ1v) is 9.03. The zero-order valence-corrected chi connectivity index (χ0v) is 13.3. The lowest BCUT2D eigenvalue weighted by atomic mass is 10.0. The van der Waals surface area contributed by atoms with E-state index in [2.05, 4.69) is 0 Å². The first kappa shape index (κ1) is 14.8. The van der Waals surface area contributed by atoms with Gasteiger partial charge in [-0.15, -0.1) is 0 Å². The van der Waals surface area contributed by atoms with E-state index in [0.717, 1.165) is 37.1 Å². The number of non-ortho nitro benzene ring substituents is 1. The largest absolute Gasteiger partial charge is 0.346 e. The molecule has 0 unspecified atom stereocenters. The molecule has 120 valence electrons. The average molecular weight is 333 g/mol. The molecule has 23 heavy (non-hydrogen) atoms. The fourth-order valence-electron chi connectivity index (χ4n) is 2.73. The van der Waals surface area contributed by atoms with E-state index in [9.17, 15) is 14.7 Å². The minimum atomic E-state index is -2.88. The van der Waals surface area contributed by atoms with E-state index >= 15 is 0 Å². The van der Waals surface area contributed by atoms with Gasteiger partial charge in [-0.2, -0.15) is 0 Å². The van der Waals surface area contributed by atoms with Crippen molar-refractivity contribution >= 4 is 24.1 Å². The lowest BCUT2D eigenvalue weighted by Crippen LogP contribution is -2.08. The lowest BCUT2D eigenvalue weighted by Gasteiger charge is -2.20. The van der Waals surface area contributed by atoms with Crippen LogP contribution in [-0.4, -0.2) is 40.4 Å². The highest BCUT2D eigenvalue weighted by molar-refractivity contribution is 7.54. The Hall–Kier alpha value is -1.79. The van der Waals surface area contributed by atoms with Crippen molar-refractivity contribution in [3.05, 3.63) is 52.1 Å². The molecule has 0 aliphatic carbocycles. The molecule has 0 spiro atoms. The van der Waals surface area contributed by atoms with E-state index in [0.29, 0.717) is 5.39 Å². The van der Waals surface area contributed by atoms with Crippen LogP contribution < -0.4 is 0 Å². The standard InChI is InChI=1S/C15H16N3O4P/c19-18(20)15-6-2-4-13-12(3-1-5-14(13)15)11-22-23(21,16-7-8-16)17-9-10-17/h1-6H,7-11H2. The highest BCUT2D eigenvalue weighted by atomic mass is 31.2. The van der Waals surface area contributed by atoms with E-state index in [-0.39, 0.29) is 17.2 Å². The number of benzene rings is 2. The number of hydrogen-bond acceptors (Lipinski definition) is 4. The maximum Gasteiger partial charge on any atom is 0.346 e. The van der Waals surface area contributed by atoms with Crippen LogP contribution in [0.25, 0.3) is 10.8 Å². The quantitative estimate of drug-likeness (QED) is 0.350. The second kappa shape index (κ2) is 5.39. The number of nitro benzene ring substituents is 1. The van der Waals surface area contributed by atoms with Gasteiger partial charge in [-0.1, -0.05) is 24.3 Å². The number of nitrogens with zero attached hydrogens (tertiary/aromatic N) is 3. The van der Waals surface area contributed by atoms with Gasteiger partial charge in [0.25, 0.3) is 5.69 Å². The van der Waals surface area contributed by atoms with Crippen LogP contribution in [0.5, 0.6) is 0 Å². The van der Waals surface area contributed by atoms with Crippen LogP contribution in [0.2, 0.25) is 0 Å². The second-order valence-corrected chi connectivity index (χ2v) is 8.09. The van der Waals surface area contributed by atoms with Crippen LogP contribution in [-0.2, 0) is 15.7 Å². The summed E-state index contributed by atoms with van der Waals surface area (Å²) in [5, 5.41) is 12.5. The zero-order chi connectivity index (χ0) is 16.0. The second-order valence-electron chi connectivity index (χ2n) is 5.72. The molecule has 2 aromatic carbocycles. The van der Waals surface area contributed by atoms with Gasteiger partial charge in [-0.3, -0.25) is 14.7 Å². The molecule has 4 rings (SSSR count). The monoisotopic (exact) mass is 333 g/mol. The van der Waals surface area contributed by atoms with Gasteiger partial charge in [-0.05, 0) is 17.0 Å². The van der Waals surface area contributed by atoms with Gasteiger partial charge in [0.1, 0.15) is 0 Å². The molecule has 0 saturated carbocycles. The molecule has 0 aromatic heterocycles. The van der Waals surface area contributed by atoms with E-state index in [1.165, 1.54) is 6.07 Å². The lowest BCUT2D eigenvalue weighted by molar-refractivity contribution is -0.383. The molecule has 2 aliphatic rings. The fraction of sp³-hybridized carbons (Fsp3) is 0.333. The van der Waals surface area contributed by atoms with Crippen LogP contribution >= 0.6 is 7.67 Å². The van der Waals surface area contributed by atoms with Crippen LogP contribution in [0.1, 0.15) is 5.56 Å². The number of hydrogen-bond donors (Lipinski definition) is 0. The molecule has 2 heterocycles. The van der Waals surface area contributed by atoms with Crippen molar-refractivity contribution in [1.29, 1.82) is 0 Å². The molecule has 8 heteroatoms.